The summed E-state index contributed by atoms with van der Waals surface area (Å²) in [6.07, 6.45) is 6.20. The number of carbonyl (C=O) groups is 3. The van der Waals surface area contributed by atoms with Crippen LogP contribution < -0.4 is 10.1 Å². The van der Waals surface area contributed by atoms with Crippen LogP contribution >= 0.6 is 0 Å². The number of hydrogen-bond acceptors (Lipinski definition) is 4. The molecule has 1 aliphatic carbocycles. The Morgan fingerprint density at radius 3 is 2.29 bits per heavy atom. The number of Topliss-reactive ketones (excluding diaryl/α,β-unsaturated/α-hetero) is 1. The largest absolute Gasteiger partial charge is 0.497 e. The molecule has 4 rings (SSSR count). The third-order valence-corrected chi connectivity index (χ3v) is 6.55. The van der Waals surface area contributed by atoms with E-state index in [9.17, 15) is 14.4 Å². The maximum Gasteiger partial charge on any atom is 0.325 e. The Balaban J connectivity index is 1.46. The zero-order chi connectivity index (χ0) is 22.0. The van der Waals surface area contributed by atoms with Gasteiger partial charge in [0.2, 0.25) is 0 Å². The topological polar surface area (TPSA) is 75.7 Å². The first kappa shape index (κ1) is 21.1. The molecule has 1 saturated carbocycles. The van der Waals surface area contributed by atoms with Gasteiger partial charge < -0.3 is 10.1 Å². The number of amides is 3. The number of rotatable bonds is 6. The van der Waals surface area contributed by atoms with E-state index >= 15 is 0 Å². The van der Waals surface area contributed by atoms with E-state index in [0.717, 1.165) is 4.90 Å². The van der Waals surface area contributed by atoms with E-state index in [-0.39, 0.29) is 12.3 Å². The predicted molar refractivity (Wildman–Crippen MR) is 117 cm³/mol. The number of hydrogen-bond donors (Lipinski definition) is 1. The van der Waals surface area contributed by atoms with Gasteiger partial charge in [0.25, 0.3) is 5.91 Å². The van der Waals surface area contributed by atoms with Crippen LogP contribution in [0.5, 0.6) is 5.75 Å². The van der Waals surface area contributed by atoms with Gasteiger partial charge in [0.15, 0.2) is 5.78 Å². The Morgan fingerprint density at radius 2 is 1.68 bits per heavy atom. The normalized spacial score (nSPS) is 21.8. The maximum absolute atomic E-state index is 13.1. The van der Waals surface area contributed by atoms with Crippen molar-refractivity contribution in [2.75, 3.05) is 13.7 Å². The van der Waals surface area contributed by atoms with Crippen LogP contribution in [0.3, 0.4) is 0 Å². The van der Waals surface area contributed by atoms with E-state index in [2.05, 4.69) is 5.32 Å². The van der Waals surface area contributed by atoms with Crippen LogP contribution in [0.4, 0.5) is 4.79 Å². The summed E-state index contributed by atoms with van der Waals surface area (Å²) in [6.45, 7) is 1.37. The average molecular weight is 421 g/mol. The van der Waals surface area contributed by atoms with Crippen molar-refractivity contribution in [3.63, 3.8) is 0 Å². The zero-order valence-corrected chi connectivity index (χ0v) is 18.0. The number of nitrogens with one attached hydrogen (secondary N) is 1. The van der Waals surface area contributed by atoms with E-state index in [4.69, 9.17) is 4.74 Å². The lowest BCUT2D eigenvalue weighted by molar-refractivity contribution is -0.130. The van der Waals surface area contributed by atoms with Crippen molar-refractivity contribution in [1.29, 1.82) is 0 Å². The number of methoxy groups -OCH3 is 1. The molecule has 1 aliphatic heterocycles. The van der Waals surface area contributed by atoms with E-state index in [1.54, 1.807) is 38.3 Å². The Morgan fingerprint density at radius 1 is 1.03 bits per heavy atom. The average Bonchev–Trinajstić information content (AvgIpc) is 3.03. The third-order valence-electron chi connectivity index (χ3n) is 6.55. The van der Waals surface area contributed by atoms with Crippen LogP contribution in [0, 0.1) is 0 Å². The Hall–Kier alpha value is -3.15. The molecular formula is C25H28N2O4. The van der Waals surface area contributed by atoms with Crippen molar-refractivity contribution in [3.05, 3.63) is 65.2 Å². The molecule has 2 aliphatic rings. The molecule has 1 unspecified atom stereocenters. The number of benzene rings is 2. The number of nitrogens with zero attached hydrogens (tertiary/aromatic N) is 1. The van der Waals surface area contributed by atoms with Gasteiger partial charge in [0.05, 0.1) is 13.7 Å². The standard InChI is InChI=1S/C25H28N2O4/c1-25(20-12-14-21(31-2)15-13-20)23(29)27(24(30)26-25)16-22(28)19-10-8-18(9-11-19)17-6-4-3-5-7-17/h8-15,17H,3-7,16H2,1-2H3,(H,26,30). The highest BCUT2D eigenvalue weighted by atomic mass is 16.5. The minimum Gasteiger partial charge on any atom is -0.497 e. The Labute approximate surface area is 182 Å². The van der Waals surface area contributed by atoms with Gasteiger partial charge in [-0.3, -0.25) is 14.5 Å². The lowest BCUT2D eigenvalue weighted by Gasteiger charge is -2.22. The molecule has 1 heterocycles. The van der Waals surface area contributed by atoms with Gasteiger partial charge in [-0.25, -0.2) is 4.79 Å². The molecule has 2 aromatic rings. The summed E-state index contributed by atoms with van der Waals surface area (Å²) in [5.74, 6) is 0.536. The lowest BCUT2D eigenvalue weighted by atomic mass is 9.84. The molecule has 3 amide bonds. The maximum atomic E-state index is 13.1. The summed E-state index contributed by atoms with van der Waals surface area (Å²) in [7, 11) is 1.56. The summed E-state index contributed by atoms with van der Waals surface area (Å²) in [5, 5.41) is 2.74. The fourth-order valence-electron chi connectivity index (χ4n) is 4.57. The van der Waals surface area contributed by atoms with Gasteiger partial charge >= 0.3 is 6.03 Å². The van der Waals surface area contributed by atoms with Gasteiger partial charge in [-0.1, -0.05) is 55.7 Å². The van der Waals surface area contributed by atoms with Crippen molar-refractivity contribution in [2.24, 2.45) is 0 Å². The molecule has 6 nitrogen and oxygen atoms in total. The van der Waals surface area contributed by atoms with Crippen molar-refractivity contribution < 1.29 is 19.1 Å². The molecule has 31 heavy (non-hydrogen) atoms. The summed E-state index contributed by atoms with van der Waals surface area (Å²) >= 11 is 0. The number of ketones is 1. The molecule has 1 N–H and O–H groups in total. The zero-order valence-electron chi connectivity index (χ0n) is 18.0. The van der Waals surface area contributed by atoms with Crippen LogP contribution in [0.2, 0.25) is 0 Å². The molecule has 0 bridgehead atoms. The second kappa shape index (κ2) is 8.53. The molecule has 162 valence electrons. The van der Waals surface area contributed by atoms with Crippen molar-refractivity contribution >= 4 is 17.7 Å². The molecular weight excluding hydrogens is 392 g/mol. The Kier molecular flexibility index (Phi) is 5.81. The van der Waals surface area contributed by atoms with Crippen molar-refractivity contribution in [1.82, 2.24) is 10.2 Å². The minimum absolute atomic E-state index is 0.252. The van der Waals surface area contributed by atoms with Gasteiger partial charge in [-0.2, -0.15) is 0 Å². The minimum atomic E-state index is -1.21. The molecule has 6 heteroatoms. The molecule has 1 atom stereocenters. The van der Waals surface area contributed by atoms with Gasteiger partial charge in [-0.05, 0) is 48.9 Å². The third kappa shape index (κ3) is 4.07. The molecule has 2 aromatic carbocycles. The van der Waals surface area contributed by atoms with Crippen LogP contribution in [0.15, 0.2) is 48.5 Å². The first-order valence-corrected chi connectivity index (χ1v) is 10.8. The highest BCUT2D eigenvalue weighted by molar-refractivity contribution is 6.11. The highest BCUT2D eigenvalue weighted by Gasteiger charge is 2.49. The van der Waals surface area contributed by atoms with Gasteiger partial charge in [-0.15, -0.1) is 0 Å². The van der Waals surface area contributed by atoms with E-state index < -0.39 is 17.5 Å². The summed E-state index contributed by atoms with van der Waals surface area (Å²) < 4.78 is 5.16. The number of ether oxygens (including phenoxy) is 1. The van der Waals surface area contributed by atoms with E-state index in [1.807, 2.05) is 24.3 Å². The van der Waals surface area contributed by atoms with Gasteiger partial charge in [0.1, 0.15) is 11.3 Å². The SMILES string of the molecule is COc1ccc(C2(C)NC(=O)N(CC(=O)c3ccc(C4CCCCC4)cc3)C2=O)cc1. The van der Waals surface area contributed by atoms with E-state index in [0.29, 0.717) is 22.8 Å². The van der Waals surface area contributed by atoms with Crippen LogP contribution in [-0.4, -0.2) is 36.3 Å². The van der Waals surface area contributed by atoms with Crippen LogP contribution in [0.1, 0.15) is 66.4 Å². The Bertz CT molecular complexity index is 978. The fraction of sp³-hybridized carbons (Fsp3) is 0.400. The predicted octanol–water partition coefficient (Wildman–Crippen LogP) is 4.39. The summed E-state index contributed by atoms with van der Waals surface area (Å²) in [6, 6.07) is 14.0. The van der Waals surface area contributed by atoms with E-state index in [1.165, 1.54) is 37.7 Å². The number of urea groups is 1. The molecule has 2 fully saturated rings. The number of imide groups is 1. The summed E-state index contributed by atoms with van der Waals surface area (Å²) in [4.78, 5) is 39.4. The van der Waals surface area contributed by atoms with Crippen molar-refractivity contribution in [2.45, 2.75) is 50.5 Å². The molecule has 0 spiro atoms. The van der Waals surface area contributed by atoms with Crippen LogP contribution in [0.25, 0.3) is 0 Å². The lowest BCUT2D eigenvalue weighted by Crippen LogP contribution is -2.41. The second-order valence-electron chi connectivity index (χ2n) is 8.56. The van der Waals surface area contributed by atoms with Crippen molar-refractivity contribution in [3.8, 4) is 5.75 Å². The fourth-order valence-corrected chi connectivity index (χ4v) is 4.57. The smallest absolute Gasteiger partial charge is 0.325 e. The summed E-state index contributed by atoms with van der Waals surface area (Å²) in [5.41, 5.74) is 1.20. The van der Waals surface area contributed by atoms with Crippen LogP contribution in [-0.2, 0) is 10.3 Å². The van der Waals surface area contributed by atoms with Gasteiger partial charge in [0, 0.05) is 5.56 Å². The second-order valence-corrected chi connectivity index (χ2v) is 8.56. The first-order valence-electron chi connectivity index (χ1n) is 10.8. The molecule has 0 aromatic heterocycles. The quantitative estimate of drug-likeness (QED) is 0.555. The highest BCUT2D eigenvalue weighted by Crippen LogP contribution is 2.33. The molecule has 0 radical (unpaired) electrons. The molecule has 1 saturated heterocycles. The first-order chi connectivity index (χ1) is 14.9. The monoisotopic (exact) mass is 420 g/mol. The number of carbonyl (C=O) groups excluding carboxylic acids is 3.